The van der Waals surface area contributed by atoms with E-state index in [9.17, 15) is 22.8 Å². The highest BCUT2D eigenvalue weighted by Crippen LogP contribution is 2.29. The van der Waals surface area contributed by atoms with Crippen molar-refractivity contribution in [3.8, 4) is 23.7 Å². The van der Waals surface area contributed by atoms with Crippen LogP contribution in [0.5, 0.6) is 0 Å². The molecule has 0 bridgehead atoms. The molecule has 0 radical (unpaired) electrons. The van der Waals surface area contributed by atoms with Gasteiger partial charge in [-0.25, -0.2) is 18.7 Å². The maximum Gasteiger partial charge on any atom is 0.266 e. The van der Waals surface area contributed by atoms with Gasteiger partial charge in [0.15, 0.2) is 0 Å². The minimum absolute atomic E-state index is 0.115. The Morgan fingerprint density at radius 3 is 1.87 bits per heavy atom. The number of carbonyl (C=O) groups excluding carboxylic acids is 2. The SMILES string of the molecule is CC(C)(C(F)F)[C@H](NC(=O)c1ccc(C#CC#Cc2ccc(F)cc2)cc1)C(=O)NO. The predicted molar refractivity (Wildman–Crippen MR) is 108 cm³/mol. The first-order valence-corrected chi connectivity index (χ1v) is 9.05. The molecule has 2 aromatic rings. The molecule has 0 aliphatic rings. The van der Waals surface area contributed by atoms with Crippen molar-refractivity contribution in [2.75, 3.05) is 0 Å². The lowest BCUT2D eigenvalue weighted by atomic mass is 9.84. The zero-order chi connectivity index (χ0) is 23.0. The third-order valence-electron chi connectivity index (χ3n) is 4.42. The Kier molecular flexibility index (Phi) is 7.84. The molecule has 3 N–H and O–H groups in total. The summed E-state index contributed by atoms with van der Waals surface area (Å²) in [5.41, 5.74) is 0.645. The molecule has 0 aliphatic carbocycles. The van der Waals surface area contributed by atoms with E-state index in [0.717, 1.165) is 13.8 Å². The third-order valence-corrected chi connectivity index (χ3v) is 4.42. The first-order valence-electron chi connectivity index (χ1n) is 9.05. The molecular formula is C23H19F3N2O3. The number of hydrogen-bond acceptors (Lipinski definition) is 3. The second kappa shape index (κ2) is 10.3. The van der Waals surface area contributed by atoms with Gasteiger partial charge in [0.05, 0.1) is 5.41 Å². The van der Waals surface area contributed by atoms with Crippen LogP contribution in [0.4, 0.5) is 13.2 Å². The van der Waals surface area contributed by atoms with Crippen LogP contribution in [0.1, 0.15) is 35.3 Å². The van der Waals surface area contributed by atoms with Gasteiger partial charge in [-0.05, 0) is 60.4 Å². The summed E-state index contributed by atoms with van der Waals surface area (Å²) in [6.45, 7) is 2.20. The monoisotopic (exact) mass is 428 g/mol. The standard InChI is InChI=1S/C23H19F3N2O3/c1-23(2,22(25)26)19(21(30)28-31)27-20(29)17-11-7-15(8-12-17)5-3-4-6-16-9-13-18(24)14-10-16/h7-14,19,22,31H,1-2H3,(H,27,29)(H,28,30)/t19-/m1/s1. The average Bonchev–Trinajstić information content (AvgIpc) is 2.75. The number of hydroxylamine groups is 1. The van der Waals surface area contributed by atoms with Gasteiger partial charge in [0.2, 0.25) is 6.43 Å². The van der Waals surface area contributed by atoms with Gasteiger partial charge in [0.25, 0.3) is 11.8 Å². The van der Waals surface area contributed by atoms with Gasteiger partial charge in [-0.3, -0.25) is 14.8 Å². The minimum atomic E-state index is -2.93. The van der Waals surface area contributed by atoms with Gasteiger partial charge in [-0.1, -0.05) is 25.7 Å². The molecule has 0 saturated heterocycles. The molecule has 0 fully saturated rings. The number of benzene rings is 2. The second-order valence-electron chi connectivity index (χ2n) is 7.09. The van der Waals surface area contributed by atoms with E-state index in [1.807, 2.05) is 0 Å². The summed E-state index contributed by atoms with van der Waals surface area (Å²) in [6, 6.07) is 9.85. The minimum Gasteiger partial charge on any atom is -0.339 e. The number of rotatable bonds is 5. The smallest absolute Gasteiger partial charge is 0.266 e. The number of amides is 2. The zero-order valence-corrected chi connectivity index (χ0v) is 16.7. The van der Waals surface area contributed by atoms with Crippen LogP contribution in [0.25, 0.3) is 0 Å². The number of carbonyl (C=O) groups is 2. The van der Waals surface area contributed by atoms with Crippen molar-refractivity contribution in [1.82, 2.24) is 10.8 Å². The Bertz CT molecular complexity index is 1060. The molecule has 160 valence electrons. The van der Waals surface area contributed by atoms with Crippen LogP contribution < -0.4 is 10.8 Å². The molecule has 0 heterocycles. The van der Waals surface area contributed by atoms with Crippen molar-refractivity contribution in [2.24, 2.45) is 5.41 Å². The number of nitrogens with one attached hydrogen (secondary N) is 2. The molecule has 0 aromatic heterocycles. The number of halogens is 3. The van der Waals surface area contributed by atoms with Crippen LogP contribution in [0, 0.1) is 34.9 Å². The van der Waals surface area contributed by atoms with Crippen molar-refractivity contribution in [3.63, 3.8) is 0 Å². The molecule has 2 aromatic carbocycles. The van der Waals surface area contributed by atoms with Gasteiger partial charge >= 0.3 is 0 Å². The first-order chi connectivity index (χ1) is 14.6. The van der Waals surface area contributed by atoms with Crippen LogP contribution in [-0.2, 0) is 4.79 Å². The summed E-state index contributed by atoms with van der Waals surface area (Å²) in [7, 11) is 0. The van der Waals surface area contributed by atoms with Gasteiger partial charge < -0.3 is 5.32 Å². The summed E-state index contributed by atoms with van der Waals surface area (Å²) in [6.07, 6.45) is -2.93. The molecule has 0 spiro atoms. The lowest BCUT2D eigenvalue weighted by Gasteiger charge is -2.32. The van der Waals surface area contributed by atoms with E-state index >= 15 is 0 Å². The van der Waals surface area contributed by atoms with E-state index in [2.05, 4.69) is 29.0 Å². The fourth-order valence-electron chi connectivity index (χ4n) is 2.44. The highest BCUT2D eigenvalue weighted by atomic mass is 19.3. The third kappa shape index (κ3) is 6.36. The predicted octanol–water partition coefficient (Wildman–Crippen LogP) is 3.12. The van der Waals surface area contributed by atoms with Crippen LogP contribution >= 0.6 is 0 Å². The Balaban J connectivity index is 2.10. The van der Waals surface area contributed by atoms with Crippen molar-refractivity contribution in [2.45, 2.75) is 26.3 Å². The van der Waals surface area contributed by atoms with Crippen LogP contribution in [-0.4, -0.2) is 29.5 Å². The van der Waals surface area contributed by atoms with Crippen molar-refractivity contribution < 1.29 is 28.0 Å². The summed E-state index contributed by atoms with van der Waals surface area (Å²) in [5.74, 6) is 8.51. The maximum absolute atomic E-state index is 13.3. The molecule has 1 atom stereocenters. The molecular weight excluding hydrogens is 409 g/mol. The lowest BCUT2D eigenvalue weighted by Crippen LogP contribution is -2.56. The Morgan fingerprint density at radius 1 is 0.935 bits per heavy atom. The van der Waals surface area contributed by atoms with Gasteiger partial charge in [0, 0.05) is 16.7 Å². The van der Waals surface area contributed by atoms with Gasteiger partial charge in [0.1, 0.15) is 11.9 Å². The van der Waals surface area contributed by atoms with Crippen molar-refractivity contribution in [1.29, 1.82) is 0 Å². The van der Waals surface area contributed by atoms with Crippen molar-refractivity contribution >= 4 is 11.8 Å². The fourth-order valence-corrected chi connectivity index (χ4v) is 2.44. The molecule has 0 unspecified atom stereocenters. The molecule has 8 heteroatoms. The molecule has 0 saturated carbocycles. The number of alkyl halides is 2. The van der Waals surface area contributed by atoms with Crippen molar-refractivity contribution in [3.05, 3.63) is 71.0 Å². The zero-order valence-electron chi connectivity index (χ0n) is 16.7. The van der Waals surface area contributed by atoms with Crippen LogP contribution in [0.3, 0.4) is 0 Å². The average molecular weight is 428 g/mol. The van der Waals surface area contributed by atoms with E-state index in [-0.39, 0.29) is 11.4 Å². The van der Waals surface area contributed by atoms with E-state index in [0.29, 0.717) is 11.1 Å². The highest BCUT2D eigenvalue weighted by Gasteiger charge is 2.43. The van der Waals surface area contributed by atoms with Crippen LogP contribution in [0.2, 0.25) is 0 Å². The summed E-state index contributed by atoms with van der Waals surface area (Å²) < 4.78 is 39.4. The molecule has 2 rings (SSSR count). The van der Waals surface area contributed by atoms with Gasteiger partial charge in [-0.15, -0.1) is 0 Å². The molecule has 2 amide bonds. The quantitative estimate of drug-likeness (QED) is 0.389. The summed E-state index contributed by atoms with van der Waals surface area (Å²) in [4.78, 5) is 24.2. The maximum atomic E-state index is 13.3. The van der Waals surface area contributed by atoms with E-state index in [4.69, 9.17) is 5.21 Å². The topological polar surface area (TPSA) is 78.4 Å². The van der Waals surface area contributed by atoms with Gasteiger partial charge in [-0.2, -0.15) is 0 Å². The highest BCUT2D eigenvalue weighted by molar-refractivity contribution is 5.97. The van der Waals surface area contributed by atoms with E-state index in [1.165, 1.54) is 54.0 Å². The first kappa shape index (κ1) is 23.5. The molecule has 0 aliphatic heterocycles. The second-order valence-corrected chi connectivity index (χ2v) is 7.09. The van der Waals surface area contributed by atoms with Crippen LogP contribution in [0.15, 0.2) is 48.5 Å². The Hall–Kier alpha value is -3.75. The summed E-state index contributed by atoms with van der Waals surface area (Å²) in [5, 5.41) is 11.0. The Labute approximate surface area is 177 Å². The molecule has 5 nitrogen and oxygen atoms in total. The van der Waals surface area contributed by atoms with E-state index in [1.54, 1.807) is 0 Å². The normalized spacial score (nSPS) is 11.5. The summed E-state index contributed by atoms with van der Waals surface area (Å²) >= 11 is 0. The fraction of sp³-hybridized carbons (Fsp3) is 0.217. The lowest BCUT2D eigenvalue weighted by molar-refractivity contribution is -0.137. The number of hydrogen-bond donors (Lipinski definition) is 3. The molecule has 31 heavy (non-hydrogen) atoms. The largest absolute Gasteiger partial charge is 0.339 e. The van der Waals surface area contributed by atoms with E-state index < -0.39 is 29.7 Å². The Morgan fingerprint density at radius 2 is 1.42 bits per heavy atom.